The molecule has 1 aliphatic rings. The van der Waals surface area contributed by atoms with E-state index >= 15 is 0 Å². The minimum absolute atomic E-state index is 0.00929. The molecule has 0 bridgehead atoms. The molecule has 0 spiro atoms. The number of hydrazone groups is 1. The maximum Gasteiger partial charge on any atom is 0.271 e. The molecule has 3 rings (SSSR count). The molecule has 1 N–H and O–H groups in total. The zero-order valence-electron chi connectivity index (χ0n) is 13.1. The van der Waals surface area contributed by atoms with Crippen LogP contribution in [0.2, 0.25) is 0 Å². The molecule has 0 aliphatic heterocycles. The van der Waals surface area contributed by atoms with Crippen LogP contribution in [0.15, 0.2) is 47.7 Å². The summed E-state index contributed by atoms with van der Waals surface area (Å²) in [6, 6.07) is 9.89. The van der Waals surface area contributed by atoms with Gasteiger partial charge in [-0.3, -0.25) is 14.9 Å². The van der Waals surface area contributed by atoms with Gasteiger partial charge in [0.15, 0.2) is 0 Å². The van der Waals surface area contributed by atoms with Gasteiger partial charge in [0.1, 0.15) is 0 Å². The van der Waals surface area contributed by atoms with E-state index in [0.29, 0.717) is 17.8 Å². The van der Waals surface area contributed by atoms with Crippen molar-refractivity contribution < 1.29 is 9.72 Å². The molecule has 9 heteroatoms. The average Bonchev–Trinajstić information content (AvgIpc) is 2.90. The lowest BCUT2D eigenvalue weighted by Crippen LogP contribution is -2.29. The summed E-state index contributed by atoms with van der Waals surface area (Å²) < 4.78 is 1.37. The molecule has 1 amide bonds. The standard InChI is InChI=1S/C16H14Br2N4O3/c1-15(10-16(15,17)18)14(23)20-19-9-13-6-3-7-21(13)11-4-2-5-12(8-11)22(24)25/h2-9H,10H2,1H3,(H,20,23)/b19-9-/t15-/m0/s1. The van der Waals surface area contributed by atoms with Crippen LogP contribution < -0.4 is 5.43 Å². The van der Waals surface area contributed by atoms with E-state index in [9.17, 15) is 14.9 Å². The van der Waals surface area contributed by atoms with E-state index in [1.54, 1.807) is 35.0 Å². The van der Waals surface area contributed by atoms with E-state index in [-0.39, 0.29) is 14.8 Å². The van der Waals surface area contributed by atoms with Crippen molar-refractivity contribution in [3.8, 4) is 5.69 Å². The SMILES string of the molecule is C[C@@]1(C(=O)N/N=C\c2cccn2-c2cccc([N+](=O)[O-])c2)CC1(Br)Br. The highest BCUT2D eigenvalue weighted by Crippen LogP contribution is 2.66. The van der Waals surface area contributed by atoms with Gasteiger partial charge >= 0.3 is 0 Å². The van der Waals surface area contributed by atoms with Crippen LogP contribution >= 0.6 is 31.9 Å². The third-order valence-electron chi connectivity index (χ3n) is 4.22. The zero-order chi connectivity index (χ0) is 18.2. The van der Waals surface area contributed by atoms with Crippen molar-refractivity contribution in [2.24, 2.45) is 10.5 Å². The van der Waals surface area contributed by atoms with Gasteiger partial charge in [-0.15, -0.1) is 0 Å². The third kappa shape index (κ3) is 3.38. The Morgan fingerprint density at radius 2 is 2.12 bits per heavy atom. The number of halogens is 2. The van der Waals surface area contributed by atoms with E-state index in [4.69, 9.17) is 0 Å². The van der Waals surface area contributed by atoms with Crippen LogP contribution in [0.3, 0.4) is 0 Å². The number of carbonyl (C=O) groups excluding carboxylic acids is 1. The summed E-state index contributed by atoms with van der Waals surface area (Å²) in [6.07, 6.45) is 3.95. The van der Waals surface area contributed by atoms with Gasteiger partial charge in [0.2, 0.25) is 5.91 Å². The normalized spacial score (nSPS) is 21.2. The summed E-state index contributed by atoms with van der Waals surface area (Å²) in [6.45, 7) is 1.84. The van der Waals surface area contributed by atoms with Crippen LogP contribution in [0.4, 0.5) is 5.69 Å². The third-order valence-corrected chi connectivity index (χ3v) is 6.53. The first-order valence-electron chi connectivity index (χ1n) is 7.38. The first-order valence-corrected chi connectivity index (χ1v) is 8.97. The van der Waals surface area contributed by atoms with Crippen LogP contribution in [0.1, 0.15) is 19.0 Å². The van der Waals surface area contributed by atoms with Gasteiger partial charge in [0, 0.05) is 18.3 Å². The van der Waals surface area contributed by atoms with E-state index in [1.165, 1.54) is 18.3 Å². The number of aromatic nitrogens is 1. The van der Waals surface area contributed by atoms with Gasteiger partial charge in [-0.25, -0.2) is 5.43 Å². The van der Waals surface area contributed by atoms with Gasteiger partial charge in [0.25, 0.3) is 5.69 Å². The fourth-order valence-corrected chi connectivity index (χ4v) is 3.90. The molecular weight excluding hydrogens is 456 g/mol. The van der Waals surface area contributed by atoms with Crippen molar-refractivity contribution in [2.75, 3.05) is 0 Å². The molecular formula is C16H14Br2N4O3. The van der Waals surface area contributed by atoms with Crippen LogP contribution in [-0.2, 0) is 4.79 Å². The minimum Gasteiger partial charge on any atom is -0.315 e. The fraction of sp³-hybridized carbons (Fsp3) is 0.250. The molecule has 0 saturated heterocycles. The van der Waals surface area contributed by atoms with Crippen LogP contribution in [0, 0.1) is 15.5 Å². The molecule has 1 heterocycles. The molecule has 0 unspecified atom stereocenters. The summed E-state index contributed by atoms with van der Waals surface area (Å²) in [5.41, 5.74) is 3.32. The van der Waals surface area contributed by atoms with E-state index < -0.39 is 10.3 Å². The number of non-ortho nitro benzene ring substituents is 1. The van der Waals surface area contributed by atoms with Gasteiger partial charge in [-0.05, 0) is 31.5 Å². The van der Waals surface area contributed by atoms with E-state index in [1.807, 2.05) is 6.92 Å². The highest BCUT2D eigenvalue weighted by Gasteiger charge is 2.66. The predicted molar refractivity (Wildman–Crippen MR) is 101 cm³/mol. The van der Waals surface area contributed by atoms with Gasteiger partial charge in [-0.1, -0.05) is 37.9 Å². The summed E-state index contributed by atoms with van der Waals surface area (Å²) in [5.74, 6) is -0.189. The Hall–Kier alpha value is -2.00. The molecule has 7 nitrogen and oxygen atoms in total. The molecule has 1 aliphatic carbocycles. The number of amides is 1. The summed E-state index contributed by atoms with van der Waals surface area (Å²) in [4.78, 5) is 22.7. The number of nitrogens with one attached hydrogen (secondary N) is 1. The zero-order valence-corrected chi connectivity index (χ0v) is 16.3. The van der Waals surface area contributed by atoms with Crippen molar-refractivity contribution in [1.29, 1.82) is 0 Å². The number of alkyl halides is 2. The first-order chi connectivity index (χ1) is 11.7. The number of nitrogens with zero attached hydrogens (tertiary/aromatic N) is 3. The van der Waals surface area contributed by atoms with Crippen molar-refractivity contribution in [2.45, 2.75) is 16.6 Å². The number of benzene rings is 1. The van der Waals surface area contributed by atoms with Crippen molar-refractivity contribution >= 4 is 49.7 Å². The number of hydrogen-bond donors (Lipinski definition) is 1. The second-order valence-corrected chi connectivity index (χ2v) is 9.76. The molecule has 1 saturated carbocycles. The number of hydrogen-bond acceptors (Lipinski definition) is 4. The van der Waals surface area contributed by atoms with Crippen LogP contribution in [-0.4, -0.2) is 24.8 Å². The summed E-state index contributed by atoms with van der Waals surface area (Å²) in [7, 11) is 0. The lowest BCUT2D eigenvalue weighted by atomic mass is 10.1. The Bertz CT molecular complexity index is 878. The molecule has 1 aromatic carbocycles. The maximum absolute atomic E-state index is 12.2. The Labute approximate surface area is 160 Å². The molecule has 1 atom stereocenters. The van der Waals surface area contributed by atoms with Crippen LogP contribution in [0.5, 0.6) is 0 Å². The first kappa shape index (κ1) is 17.8. The Morgan fingerprint density at radius 3 is 2.76 bits per heavy atom. The molecule has 1 aromatic heterocycles. The number of carbonyl (C=O) groups is 1. The van der Waals surface area contributed by atoms with Crippen molar-refractivity contribution in [3.05, 3.63) is 58.4 Å². The molecule has 1 fully saturated rings. The predicted octanol–water partition coefficient (Wildman–Crippen LogP) is 3.73. The second-order valence-electron chi connectivity index (χ2n) is 5.99. The van der Waals surface area contributed by atoms with E-state index in [0.717, 1.165) is 0 Å². The average molecular weight is 470 g/mol. The Kier molecular flexibility index (Phi) is 4.54. The number of nitro groups is 1. The highest BCUT2D eigenvalue weighted by molar-refractivity contribution is 9.25. The topological polar surface area (TPSA) is 89.5 Å². The highest BCUT2D eigenvalue weighted by atomic mass is 79.9. The fourth-order valence-electron chi connectivity index (χ4n) is 2.42. The second kappa shape index (κ2) is 6.38. The van der Waals surface area contributed by atoms with Crippen LogP contribution in [0.25, 0.3) is 5.69 Å². The largest absolute Gasteiger partial charge is 0.315 e. The Morgan fingerprint density at radius 1 is 1.40 bits per heavy atom. The number of rotatable bonds is 5. The minimum atomic E-state index is -0.549. The lowest BCUT2D eigenvalue weighted by molar-refractivity contribution is -0.384. The summed E-state index contributed by atoms with van der Waals surface area (Å²) in [5, 5.41) is 14.9. The lowest BCUT2D eigenvalue weighted by Gasteiger charge is -2.10. The van der Waals surface area contributed by atoms with E-state index in [2.05, 4.69) is 42.4 Å². The van der Waals surface area contributed by atoms with Gasteiger partial charge in [-0.2, -0.15) is 5.10 Å². The smallest absolute Gasteiger partial charge is 0.271 e. The summed E-state index contributed by atoms with van der Waals surface area (Å²) >= 11 is 6.89. The van der Waals surface area contributed by atoms with Gasteiger partial charge < -0.3 is 4.57 Å². The molecule has 2 aromatic rings. The molecule has 25 heavy (non-hydrogen) atoms. The molecule has 130 valence electrons. The maximum atomic E-state index is 12.2. The van der Waals surface area contributed by atoms with Crippen molar-refractivity contribution in [3.63, 3.8) is 0 Å². The van der Waals surface area contributed by atoms with Gasteiger partial charge in [0.05, 0.1) is 31.2 Å². The number of nitro benzene ring substituents is 1. The quantitative estimate of drug-likeness (QED) is 0.313. The Balaban J connectivity index is 1.75. The monoisotopic (exact) mass is 468 g/mol. The van der Waals surface area contributed by atoms with Crippen molar-refractivity contribution in [1.82, 2.24) is 9.99 Å². The molecule has 0 radical (unpaired) electrons.